The van der Waals surface area contributed by atoms with Crippen molar-refractivity contribution >= 4 is 24.3 Å². The van der Waals surface area contributed by atoms with E-state index in [0.717, 1.165) is 0 Å². The van der Waals surface area contributed by atoms with Gasteiger partial charge in [0.25, 0.3) is 0 Å². The van der Waals surface area contributed by atoms with E-state index in [1.165, 1.54) is 5.71 Å². The normalized spacial score (nSPS) is 11.1. The first kappa shape index (κ1) is 11.1. The number of nitrogens with zero attached hydrogens (tertiary/aromatic N) is 1. The summed E-state index contributed by atoms with van der Waals surface area (Å²) in [5, 5.41) is 0. The van der Waals surface area contributed by atoms with Crippen LogP contribution < -0.4 is 17.5 Å². The molecular weight excluding hydrogens is 352 g/mol. The Labute approximate surface area is 83.9 Å². The summed E-state index contributed by atoms with van der Waals surface area (Å²) in [6, 6.07) is 0. The molecule has 0 amide bonds. The Kier molecular flexibility index (Phi) is 6.39. The molecule has 0 aliphatic rings. The summed E-state index contributed by atoms with van der Waals surface area (Å²) >= 11 is 2.45. The molecule has 0 heterocycles. The molecule has 0 aliphatic heterocycles. The van der Waals surface area contributed by atoms with Crippen LogP contribution in [0.3, 0.4) is 0 Å². The Morgan fingerprint density at radius 2 is 1.60 bits per heavy atom. The van der Waals surface area contributed by atoms with Gasteiger partial charge in [-0.2, -0.15) is 0 Å². The molecule has 0 aromatic heterocycles. The second-order valence-corrected chi connectivity index (χ2v) is 6.18. The van der Waals surface area contributed by atoms with Crippen LogP contribution in [-0.4, -0.2) is 5.71 Å². The molecule has 3 heteroatoms. The maximum absolute atomic E-state index is 4.54. The van der Waals surface area contributed by atoms with Crippen LogP contribution in [0.5, 0.6) is 0 Å². The monoisotopic (exact) mass is 366 g/mol. The van der Waals surface area contributed by atoms with Crippen molar-refractivity contribution < 1.29 is 17.5 Å². The zero-order chi connectivity index (χ0) is 8.15. The van der Waals surface area contributed by atoms with E-state index in [1.54, 1.807) is 0 Å². The van der Waals surface area contributed by atoms with Crippen molar-refractivity contribution in [2.24, 2.45) is 15.0 Å². The molecule has 0 aliphatic carbocycles. The average Bonchev–Trinajstić information content (AvgIpc) is 1.81. The van der Waals surface area contributed by atoms with Crippen molar-refractivity contribution in [1.82, 2.24) is 0 Å². The van der Waals surface area contributed by atoms with Gasteiger partial charge in [0, 0.05) is 0 Å². The van der Waals surface area contributed by atoms with E-state index in [2.05, 4.69) is 49.5 Å². The van der Waals surface area contributed by atoms with E-state index in [0.29, 0.717) is 11.8 Å². The van der Waals surface area contributed by atoms with E-state index in [1.807, 2.05) is 0 Å². The van der Waals surface area contributed by atoms with Gasteiger partial charge in [0.1, 0.15) is 0 Å². The molecule has 0 bridgehead atoms. The first-order valence-electron chi connectivity index (χ1n) is 3.42. The number of rotatable bonds is 3. The molecule has 0 aromatic carbocycles. The molecule has 0 spiro atoms. The van der Waals surface area contributed by atoms with Crippen LogP contribution in [0.15, 0.2) is 3.21 Å². The Bertz CT molecular complexity index is 109. The Hall–Kier alpha value is 1.13. The number of hydrogen-bond acceptors (Lipinski definition) is 1. The molecular formula is C7H14I2N-. The third kappa shape index (κ3) is 4.10. The van der Waals surface area contributed by atoms with E-state index in [9.17, 15) is 0 Å². The Balaban J connectivity index is 4.12. The van der Waals surface area contributed by atoms with Crippen LogP contribution in [-0.2, 0) is 0 Å². The van der Waals surface area contributed by atoms with Crippen LogP contribution in [0.1, 0.15) is 27.7 Å². The Morgan fingerprint density at radius 1 is 1.20 bits per heavy atom. The first-order valence-corrected chi connectivity index (χ1v) is 10.7. The zero-order valence-corrected chi connectivity index (χ0v) is 11.2. The third-order valence-corrected chi connectivity index (χ3v) is 3.28. The molecule has 0 radical (unpaired) electrons. The average molecular weight is 366 g/mol. The molecule has 0 saturated carbocycles. The van der Waals surface area contributed by atoms with Gasteiger partial charge in [-0.3, -0.25) is 0 Å². The summed E-state index contributed by atoms with van der Waals surface area (Å²) in [4.78, 5) is 0. The second-order valence-electron chi connectivity index (χ2n) is 2.88. The fourth-order valence-electron chi connectivity index (χ4n) is 0.899. The van der Waals surface area contributed by atoms with Crippen molar-refractivity contribution in [1.29, 1.82) is 0 Å². The Morgan fingerprint density at radius 3 is 1.70 bits per heavy atom. The van der Waals surface area contributed by atoms with E-state index < -0.39 is 0 Å². The standard InChI is InChI=1S/C7H14I2N/c1-5(2)7(6(3)4)10-9-8/h5-6H,1-4H3/q-1. The van der Waals surface area contributed by atoms with Gasteiger partial charge >= 0.3 is 84.6 Å². The van der Waals surface area contributed by atoms with Crippen molar-refractivity contribution in [3.8, 4) is 0 Å². The van der Waals surface area contributed by atoms with Crippen LogP contribution >= 0.6 is 18.6 Å². The van der Waals surface area contributed by atoms with Crippen LogP contribution in [0.25, 0.3) is 0 Å². The van der Waals surface area contributed by atoms with Gasteiger partial charge in [-0.25, -0.2) is 0 Å². The van der Waals surface area contributed by atoms with Crippen molar-refractivity contribution in [3.05, 3.63) is 0 Å². The predicted octanol–water partition coefficient (Wildman–Crippen LogP) is 0.0934. The number of hydrogen-bond donors (Lipinski definition) is 0. The van der Waals surface area contributed by atoms with Gasteiger partial charge in [-0.1, -0.05) is 0 Å². The molecule has 0 atom stereocenters. The fraction of sp³-hybridized carbons (Fsp3) is 0.857. The fourth-order valence-corrected chi connectivity index (χ4v) is 3.64. The molecule has 62 valence electrons. The quantitative estimate of drug-likeness (QED) is 0.496. The van der Waals surface area contributed by atoms with Gasteiger partial charge in [0.2, 0.25) is 0 Å². The van der Waals surface area contributed by atoms with E-state index in [4.69, 9.17) is 0 Å². The molecule has 0 N–H and O–H groups in total. The van der Waals surface area contributed by atoms with Crippen LogP contribution in [0.2, 0.25) is 0 Å². The molecule has 0 rings (SSSR count). The molecule has 1 nitrogen and oxygen atoms in total. The van der Waals surface area contributed by atoms with Crippen molar-refractivity contribution in [2.75, 3.05) is 0 Å². The molecule has 0 aromatic rings. The minimum absolute atomic E-state index is 0.0580. The molecule has 10 heavy (non-hydrogen) atoms. The summed E-state index contributed by atoms with van der Waals surface area (Å²) in [5.74, 6) is 1.27. The minimum atomic E-state index is 0.0580. The number of halogens is 2. The van der Waals surface area contributed by atoms with Crippen molar-refractivity contribution in [3.63, 3.8) is 0 Å². The second kappa shape index (κ2) is 5.74. The van der Waals surface area contributed by atoms with Crippen LogP contribution in [0, 0.1) is 11.8 Å². The summed E-state index contributed by atoms with van der Waals surface area (Å²) in [6.45, 7) is 8.87. The zero-order valence-electron chi connectivity index (χ0n) is 6.86. The summed E-state index contributed by atoms with van der Waals surface area (Å²) in [5.41, 5.74) is 1.39. The van der Waals surface area contributed by atoms with Gasteiger partial charge in [-0.15, -0.1) is 0 Å². The maximum atomic E-state index is 4.54. The molecule has 0 saturated heterocycles. The first-order chi connectivity index (χ1) is 4.59. The van der Waals surface area contributed by atoms with E-state index >= 15 is 0 Å². The van der Waals surface area contributed by atoms with Gasteiger partial charge in [0.15, 0.2) is 0 Å². The SMILES string of the molecule is CC(C)C(=N[I-]I)C(C)C. The molecule has 0 unspecified atom stereocenters. The summed E-state index contributed by atoms with van der Waals surface area (Å²) in [6.07, 6.45) is 0. The summed E-state index contributed by atoms with van der Waals surface area (Å²) in [7, 11) is 0. The predicted molar refractivity (Wildman–Crippen MR) is 51.1 cm³/mol. The van der Waals surface area contributed by atoms with Crippen LogP contribution in [0.4, 0.5) is 0 Å². The van der Waals surface area contributed by atoms with Crippen molar-refractivity contribution in [2.45, 2.75) is 27.7 Å². The van der Waals surface area contributed by atoms with Gasteiger partial charge in [0.05, 0.1) is 0 Å². The third-order valence-electron chi connectivity index (χ3n) is 1.31. The van der Waals surface area contributed by atoms with Gasteiger partial charge in [-0.05, 0) is 0 Å². The van der Waals surface area contributed by atoms with Gasteiger partial charge < -0.3 is 0 Å². The summed E-state index contributed by atoms with van der Waals surface area (Å²) < 4.78 is 4.54. The van der Waals surface area contributed by atoms with E-state index in [-0.39, 0.29) is 17.5 Å². The topological polar surface area (TPSA) is 12.4 Å². The molecule has 0 fully saturated rings.